The molecule has 4 rings (SSSR count). The number of carboxylic acids is 1. The summed E-state index contributed by atoms with van der Waals surface area (Å²) in [5.74, 6) is -4.55. The van der Waals surface area contributed by atoms with Gasteiger partial charge in [-0.15, -0.1) is 0 Å². The van der Waals surface area contributed by atoms with Gasteiger partial charge in [-0.25, -0.2) is 9.78 Å². The molecule has 57 heavy (non-hydrogen) atoms. The van der Waals surface area contributed by atoms with E-state index < -0.39 is 77.7 Å². The van der Waals surface area contributed by atoms with Crippen LogP contribution in [0.1, 0.15) is 75.3 Å². The number of nitrogens with one attached hydrogen (secondary N) is 5. The van der Waals surface area contributed by atoms with Crippen LogP contribution in [-0.4, -0.2) is 103 Å². The Morgan fingerprint density at radius 1 is 0.895 bits per heavy atom. The van der Waals surface area contributed by atoms with Gasteiger partial charge < -0.3 is 47.1 Å². The van der Waals surface area contributed by atoms with Crippen LogP contribution < -0.4 is 27.0 Å². The van der Waals surface area contributed by atoms with Crippen LogP contribution >= 0.6 is 0 Å². The van der Waals surface area contributed by atoms with Crippen molar-refractivity contribution >= 4 is 35.5 Å². The Bertz CT molecular complexity index is 1840. The average Bonchev–Trinajstić information content (AvgIpc) is 3.90. The first kappa shape index (κ1) is 44.0. The van der Waals surface area contributed by atoms with Crippen LogP contribution in [0.2, 0.25) is 0 Å². The molecule has 7 unspecified atom stereocenters. The number of rotatable bonds is 20. The normalized spacial score (nSPS) is 17.0. The monoisotopic (exact) mass is 788 g/mol. The predicted octanol–water partition coefficient (Wildman–Crippen LogP) is 1.64. The lowest BCUT2D eigenvalue weighted by molar-refractivity contribution is -0.145. The lowest BCUT2D eigenvalue weighted by Crippen LogP contribution is -2.61. The van der Waals surface area contributed by atoms with Gasteiger partial charge in [-0.05, 0) is 54.9 Å². The Balaban J connectivity index is 1.55. The van der Waals surface area contributed by atoms with Crippen LogP contribution in [0, 0.1) is 12.8 Å². The van der Waals surface area contributed by atoms with Crippen LogP contribution in [-0.2, 0) is 48.0 Å². The summed E-state index contributed by atoms with van der Waals surface area (Å²) in [5.41, 5.74) is 8.57. The molecule has 0 saturated carbocycles. The van der Waals surface area contributed by atoms with E-state index in [1.807, 2.05) is 13.8 Å². The van der Waals surface area contributed by atoms with E-state index in [-0.39, 0.29) is 31.6 Å². The van der Waals surface area contributed by atoms with Gasteiger partial charge in [0.05, 0.1) is 12.4 Å². The molecule has 1 aromatic heterocycles. The number of carboxylic acid groups (broad SMARTS) is 1. The maximum atomic E-state index is 14.3. The fourth-order valence-corrected chi connectivity index (χ4v) is 6.86. The highest BCUT2D eigenvalue weighted by atomic mass is 16.4. The molecule has 16 heteroatoms. The van der Waals surface area contributed by atoms with Crippen molar-refractivity contribution in [3.63, 3.8) is 0 Å². The van der Waals surface area contributed by atoms with E-state index in [2.05, 4.69) is 31.2 Å². The van der Waals surface area contributed by atoms with Crippen LogP contribution in [0.3, 0.4) is 0 Å². The summed E-state index contributed by atoms with van der Waals surface area (Å²) >= 11 is 0. The van der Waals surface area contributed by atoms with E-state index in [1.54, 1.807) is 56.3 Å². The molecule has 2 aromatic carbocycles. The number of aromatic nitrogens is 2. The first-order valence-corrected chi connectivity index (χ1v) is 19.5. The van der Waals surface area contributed by atoms with Crippen molar-refractivity contribution < 1.29 is 39.0 Å². The SMILES string of the molecule is CCCC(N)C(=O)NC(Cc1ccc(O)c(C)c1)C(=O)NC(C(=O)NC(Cc1cnc[nH]1)C(=O)N1CCCC1C(=O)NC(Cc1ccccc1)C(=O)O)C(C)CC. The zero-order chi connectivity index (χ0) is 41.6. The quantitative estimate of drug-likeness (QED) is 0.0822. The molecular weight excluding hydrogens is 732 g/mol. The fourth-order valence-electron chi connectivity index (χ4n) is 6.86. The van der Waals surface area contributed by atoms with Crippen molar-refractivity contribution in [3.05, 3.63) is 83.4 Å². The summed E-state index contributed by atoms with van der Waals surface area (Å²) in [4.78, 5) is 89.8. The van der Waals surface area contributed by atoms with Gasteiger partial charge in [-0.2, -0.15) is 0 Å². The van der Waals surface area contributed by atoms with Gasteiger partial charge in [-0.3, -0.25) is 24.0 Å². The molecule has 7 atom stereocenters. The molecule has 9 N–H and O–H groups in total. The number of phenolic OH excluding ortho intramolecular Hbond substituents is 1. The predicted molar refractivity (Wildman–Crippen MR) is 211 cm³/mol. The summed E-state index contributed by atoms with van der Waals surface area (Å²) < 4.78 is 0. The van der Waals surface area contributed by atoms with Crippen molar-refractivity contribution in [2.24, 2.45) is 11.7 Å². The number of carbonyl (C=O) groups excluding carboxylic acids is 5. The molecule has 0 aliphatic carbocycles. The van der Waals surface area contributed by atoms with Gasteiger partial charge in [0.2, 0.25) is 29.5 Å². The Labute approximate surface area is 332 Å². The van der Waals surface area contributed by atoms with Crippen molar-refractivity contribution in [2.75, 3.05) is 6.54 Å². The maximum absolute atomic E-state index is 14.3. The summed E-state index contributed by atoms with van der Waals surface area (Å²) in [5, 5.41) is 31.0. The van der Waals surface area contributed by atoms with Crippen LogP contribution in [0.15, 0.2) is 61.1 Å². The van der Waals surface area contributed by atoms with Crippen molar-refractivity contribution in [1.29, 1.82) is 0 Å². The van der Waals surface area contributed by atoms with Gasteiger partial charge in [-0.1, -0.05) is 76.1 Å². The number of amides is 5. The molecule has 5 amide bonds. The van der Waals surface area contributed by atoms with Crippen LogP contribution in [0.4, 0.5) is 0 Å². The first-order valence-electron chi connectivity index (χ1n) is 19.5. The maximum Gasteiger partial charge on any atom is 0.326 e. The number of carbonyl (C=O) groups is 6. The third-order valence-electron chi connectivity index (χ3n) is 10.4. The Morgan fingerprint density at radius 2 is 1.60 bits per heavy atom. The summed E-state index contributed by atoms with van der Waals surface area (Å²) in [7, 11) is 0. The number of phenols is 1. The van der Waals surface area contributed by atoms with E-state index in [0.29, 0.717) is 48.9 Å². The lowest BCUT2D eigenvalue weighted by atomic mass is 9.96. The second-order valence-electron chi connectivity index (χ2n) is 14.8. The van der Waals surface area contributed by atoms with Gasteiger partial charge in [0.25, 0.3) is 0 Å². The molecule has 2 heterocycles. The van der Waals surface area contributed by atoms with Crippen molar-refractivity contribution in [1.82, 2.24) is 36.1 Å². The minimum absolute atomic E-state index is 0.0173. The molecule has 0 spiro atoms. The number of imidazole rings is 1. The number of hydrogen-bond donors (Lipinski definition) is 8. The molecule has 1 aliphatic heterocycles. The molecule has 0 radical (unpaired) electrons. The molecule has 3 aromatic rings. The average molecular weight is 789 g/mol. The lowest BCUT2D eigenvalue weighted by Gasteiger charge is -2.31. The highest BCUT2D eigenvalue weighted by Crippen LogP contribution is 2.22. The van der Waals surface area contributed by atoms with E-state index in [4.69, 9.17) is 5.73 Å². The first-order chi connectivity index (χ1) is 27.2. The van der Waals surface area contributed by atoms with E-state index in [9.17, 15) is 39.0 Å². The number of H-pyrrole nitrogens is 1. The Morgan fingerprint density at radius 3 is 2.23 bits per heavy atom. The number of aliphatic carboxylic acids is 1. The smallest absolute Gasteiger partial charge is 0.326 e. The summed E-state index contributed by atoms with van der Waals surface area (Å²) in [6.45, 7) is 7.43. The highest BCUT2D eigenvalue weighted by molar-refractivity contribution is 5.97. The molecule has 1 saturated heterocycles. The Kier molecular flexibility index (Phi) is 16.2. The molecule has 16 nitrogen and oxygen atoms in total. The number of benzene rings is 2. The van der Waals surface area contributed by atoms with Crippen LogP contribution in [0.5, 0.6) is 5.75 Å². The molecule has 308 valence electrons. The number of aryl methyl sites for hydroxylation is 1. The van der Waals surface area contributed by atoms with E-state index >= 15 is 0 Å². The second kappa shape index (κ2) is 20.9. The largest absolute Gasteiger partial charge is 0.508 e. The zero-order valence-electron chi connectivity index (χ0n) is 33.0. The molecule has 0 bridgehead atoms. The van der Waals surface area contributed by atoms with Crippen molar-refractivity contribution in [3.8, 4) is 5.75 Å². The number of aromatic hydroxyl groups is 1. The molecule has 1 aliphatic rings. The number of aromatic amines is 1. The third kappa shape index (κ3) is 12.4. The van der Waals surface area contributed by atoms with Gasteiger partial charge >= 0.3 is 5.97 Å². The van der Waals surface area contributed by atoms with E-state index in [1.165, 1.54) is 23.5 Å². The standard InChI is InChI=1S/C41H56N8O8/c1-5-11-29(42)36(51)45-30(20-27-15-16-34(50)25(4)18-27)37(52)48-35(24(3)6-2)39(54)46-31(21-28-22-43-23-44-28)40(55)49-17-10-14-33(49)38(53)47-32(41(56)57)19-26-12-8-7-9-13-26/h7-9,12-13,15-16,18,22-24,29-33,35,50H,5-6,10-11,14,17,19-21,42H2,1-4H3,(H,43,44)(H,45,51)(H,46,54)(H,47,53)(H,48,52)(H,56,57). The Hall–Kier alpha value is -5.77. The summed E-state index contributed by atoms with van der Waals surface area (Å²) in [6.07, 6.45) is 5.30. The minimum atomic E-state index is -1.23. The highest BCUT2D eigenvalue weighted by Gasteiger charge is 2.40. The molecular formula is C41H56N8O8. The zero-order valence-corrected chi connectivity index (χ0v) is 33.0. The number of nitrogens with two attached hydrogens (primary N) is 1. The topological polar surface area (TPSA) is 249 Å². The fraction of sp³-hybridized carbons (Fsp3) is 0.488. The number of nitrogens with zero attached hydrogens (tertiary/aromatic N) is 2. The number of likely N-dealkylation sites (tertiary alicyclic amines) is 1. The van der Waals surface area contributed by atoms with Gasteiger partial charge in [0.15, 0.2) is 0 Å². The summed E-state index contributed by atoms with van der Waals surface area (Å²) in [6, 6.07) is 7.20. The second-order valence-corrected chi connectivity index (χ2v) is 14.8. The van der Waals surface area contributed by atoms with Crippen molar-refractivity contribution in [2.45, 2.75) is 115 Å². The minimum Gasteiger partial charge on any atom is -0.508 e. The number of hydrogen-bond acceptors (Lipinski definition) is 9. The third-order valence-corrected chi connectivity index (χ3v) is 10.4. The van der Waals surface area contributed by atoms with Gasteiger partial charge in [0, 0.05) is 37.7 Å². The van der Waals surface area contributed by atoms with Crippen LogP contribution in [0.25, 0.3) is 0 Å². The molecule has 1 fully saturated rings. The van der Waals surface area contributed by atoms with E-state index in [0.717, 1.165) is 5.56 Å². The van der Waals surface area contributed by atoms with Gasteiger partial charge in [0.1, 0.15) is 36.0 Å².